The number of carbonyl (C=O) groups is 1. The van der Waals surface area contributed by atoms with Crippen LogP contribution in [0.2, 0.25) is 10.0 Å². The van der Waals surface area contributed by atoms with Gasteiger partial charge >= 0.3 is 0 Å². The van der Waals surface area contributed by atoms with E-state index < -0.39 is 0 Å². The van der Waals surface area contributed by atoms with E-state index in [1.165, 1.54) is 0 Å². The summed E-state index contributed by atoms with van der Waals surface area (Å²) in [5, 5.41) is 4.60. The number of nitrogens with zero attached hydrogens (tertiary/aromatic N) is 1. The average Bonchev–Trinajstić information content (AvgIpc) is 2.92. The molecular formula is C21H20Cl2N2O. The largest absolute Gasteiger partial charge is 0.318 e. The van der Waals surface area contributed by atoms with Crippen molar-refractivity contribution in [1.29, 1.82) is 0 Å². The van der Waals surface area contributed by atoms with Crippen LogP contribution in [0.3, 0.4) is 0 Å². The first-order valence-corrected chi connectivity index (χ1v) is 9.14. The molecule has 1 aromatic heterocycles. The highest BCUT2D eigenvalue weighted by atomic mass is 35.5. The molecule has 5 heteroatoms. The molecule has 26 heavy (non-hydrogen) atoms. The summed E-state index contributed by atoms with van der Waals surface area (Å²) in [6.45, 7) is 4.87. The van der Waals surface area contributed by atoms with Gasteiger partial charge in [0.25, 0.3) is 0 Å². The Balaban J connectivity index is 1.70. The predicted molar refractivity (Wildman–Crippen MR) is 108 cm³/mol. The van der Waals surface area contributed by atoms with Crippen LogP contribution in [0, 0.1) is 13.8 Å². The lowest BCUT2D eigenvalue weighted by Crippen LogP contribution is -2.23. The van der Waals surface area contributed by atoms with Gasteiger partial charge in [-0.25, -0.2) is 0 Å². The zero-order valence-corrected chi connectivity index (χ0v) is 16.2. The van der Waals surface area contributed by atoms with Crippen LogP contribution in [0.25, 0.3) is 5.69 Å². The molecule has 0 atom stereocenters. The van der Waals surface area contributed by atoms with Crippen LogP contribution < -0.4 is 5.32 Å². The first-order valence-electron chi connectivity index (χ1n) is 8.39. The van der Waals surface area contributed by atoms with Crippen LogP contribution in [-0.2, 0) is 6.54 Å². The van der Waals surface area contributed by atoms with Crippen LogP contribution in [0.15, 0.2) is 54.6 Å². The highest BCUT2D eigenvalue weighted by Crippen LogP contribution is 2.22. The molecule has 0 unspecified atom stereocenters. The first-order chi connectivity index (χ1) is 12.5. The lowest BCUT2D eigenvalue weighted by atomic mass is 10.1. The summed E-state index contributed by atoms with van der Waals surface area (Å²) in [6, 6.07) is 17.1. The normalized spacial score (nSPS) is 10.9. The van der Waals surface area contributed by atoms with Crippen molar-refractivity contribution >= 4 is 29.0 Å². The fraction of sp³-hybridized carbons (Fsp3) is 0.190. The third kappa shape index (κ3) is 4.18. The van der Waals surface area contributed by atoms with Gasteiger partial charge in [-0.3, -0.25) is 4.79 Å². The number of hydrogen-bond donors (Lipinski definition) is 1. The van der Waals surface area contributed by atoms with Crippen LogP contribution in [0.4, 0.5) is 0 Å². The van der Waals surface area contributed by atoms with Gasteiger partial charge in [-0.1, -0.05) is 35.3 Å². The number of Topliss-reactive ketones (excluding diaryl/α,β-unsaturated/α-hetero) is 1. The average molecular weight is 387 g/mol. The molecule has 0 aliphatic carbocycles. The Bertz CT molecular complexity index is 912. The Morgan fingerprint density at radius 3 is 2.15 bits per heavy atom. The molecule has 3 aromatic rings. The van der Waals surface area contributed by atoms with E-state index in [4.69, 9.17) is 23.2 Å². The maximum Gasteiger partial charge on any atom is 0.178 e. The van der Waals surface area contributed by atoms with Crippen molar-refractivity contribution in [2.24, 2.45) is 0 Å². The van der Waals surface area contributed by atoms with Crippen molar-refractivity contribution in [2.45, 2.75) is 20.4 Å². The van der Waals surface area contributed by atoms with E-state index in [1.807, 2.05) is 68.4 Å². The molecule has 1 N–H and O–H groups in total. The van der Waals surface area contributed by atoms with Crippen molar-refractivity contribution < 1.29 is 4.79 Å². The maximum atomic E-state index is 12.6. The molecule has 0 aliphatic heterocycles. The maximum absolute atomic E-state index is 12.6. The minimum Gasteiger partial charge on any atom is -0.318 e. The second-order valence-electron chi connectivity index (χ2n) is 6.25. The summed E-state index contributed by atoms with van der Waals surface area (Å²) in [7, 11) is 0. The molecule has 0 amide bonds. The molecule has 0 bridgehead atoms. The highest BCUT2D eigenvalue weighted by molar-refractivity contribution is 6.30. The number of benzene rings is 2. The van der Waals surface area contributed by atoms with Gasteiger partial charge in [-0.15, -0.1) is 0 Å². The van der Waals surface area contributed by atoms with Crippen molar-refractivity contribution in [3.05, 3.63) is 87.2 Å². The standard InChI is InChI=1S/C21H20Cl2N2O/c1-14-11-20(15(2)25(14)19-9-7-18(23)8-10-19)21(26)13-24-12-16-3-5-17(22)6-4-16/h3-11,24H,12-13H2,1-2H3. The second kappa shape index (κ2) is 8.09. The number of rotatable bonds is 6. The van der Waals surface area contributed by atoms with E-state index in [0.29, 0.717) is 16.6 Å². The van der Waals surface area contributed by atoms with Crippen molar-refractivity contribution in [2.75, 3.05) is 6.54 Å². The molecule has 0 radical (unpaired) electrons. The lowest BCUT2D eigenvalue weighted by Gasteiger charge is -2.10. The highest BCUT2D eigenvalue weighted by Gasteiger charge is 2.16. The van der Waals surface area contributed by atoms with Crippen molar-refractivity contribution in [3.8, 4) is 5.69 Å². The summed E-state index contributed by atoms with van der Waals surface area (Å²) in [5.41, 5.74) is 4.78. The predicted octanol–water partition coefficient (Wildman–Crippen LogP) is 5.37. The number of halogens is 2. The van der Waals surface area contributed by atoms with Crippen molar-refractivity contribution in [1.82, 2.24) is 9.88 Å². The molecule has 1 heterocycles. The van der Waals surface area contributed by atoms with Gasteiger partial charge in [0.05, 0.1) is 6.54 Å². The van der Waals surface area contributed by atoms with E-state index in [9.17, 15) is 4.79 Å². The van der Waals surface area contributed by atoms with E-state index in [0.717, 1.165) is 28.2 Å². The number of carbonyl (C=O) groups excluding carboxylic acids is 1. The summed E-state index contributed by atoms with van der Waals surface area (Å²) >= 11 is 11.9. The van der Waals surface area contributed by atoms with Gasteiger partial charge in [-0.05, 0) is 61.9 Å². The number of nitrogens with one attached hydrogen (secondary N) is 1. The molecule has 0 spiro atoms. The Hall–Kier alpha value is -2.07. The van der Waals surface area contributed by atoms with Gasteiger partial charge in [0.2, 0.25) is 0 Å². The lowest BCUT2D eigenvalue weighted by molar-refractivity contribution is 0.0990. The molecule has 0 saturated carbocycles. The van der Waals surface area contributed by atoms with E-state index in [-0.39, 0.29) is 12.3 Å². The monoisotopic (exact) mass is 386 g/mol. The zero-order valence-electron chi connectivity index (χ0n) is 14.7. The topological polar surface area (TPSA) is 34.0 Å². The minimum atomic E-state index is 0.0762. The van der Waals surface area contributed by atoms with E-state index >= 15 is 0 Å². The van der Waals surface area contributed by atoms with Crippen molar-refractivity contribution in [3.63, 3.8) is 0 Å². The van der Waals surface area contributed by atoms with E-state index in [2.05, 4.69) is 9.88 Å². The summed E-state index contributed by atoms with van der Waals surface area (Å²) in [6.07, 6.45) is 0. The van der Waals surface area contributed by atoms with Crippen LogP contribution in [-0.4, -0.2) is 16.9 Å². The number of aromatic nitrogens is 1. The van der Waals surface area contributed by atoms with Gasteiger partial charge in [0.15, 0.2) is 5.78 Å². The quantitative estimate of drug-likeness (QED) is 0.577. The molecule has 134 valence electrons. The van der Waals surface area contributed by atoms with E-state index in [1.54, 1.807) is 0 Å². The Morgan fingerprint density at radius 1 is 0.962 bits per heavy atom. The summed E-state index contributed by atoms with van der Waals surface area (Å²) < 4.78 is 2.07. The Morgan fingerprint density at radius 2 is 1.54 bits per heavy atom. The Labute approximate surface area is 163 Å². The fourth-order valence-electron chi connectivity index (χ4n) is 3.05. The minimum absolute atomic E-state index is 0.0762. The molecule has 3 nitrogen and oxygen atoms in total. The van der Waals surface area contributed by atoms with Crippen LogP contribution in [0.5, 0.6) is 0 Å². The molecule has 0 aliphatic rings. The number of ketones is 1. The first kappa shape index (κ1) is 18.7. The van der Waals surface area contributed by atoms with Crippen LogP contribution >= 0.6 is 23.2 Å². The summed E-state index contributed by atoms with van der Waals surface area (Å²) in [4.78, 5) is 12.6. The molecule has 3 rings (SSSR count). The fourth-order valence-corrected chi connectivity index (χ4v) is 3.30. The molecule has 0 saturated heterocycles. The zero-order chi connectivity index (χ0) is 18.7. The van der Waals surface area contributed by atoms with Crippen LogP contribution in [0.1, 0.15) is 27.3 Å². The molecule has 0 fully saturated rings. The third-order valence-corrected chi connectivity index (χ3v) is 4.85. The van der Waals surface area contributed by atoms with Gasteiger partial charge in [-0.2, -0.15) is 0 Å². The van der Waals surface area contributed by atoms with Gasteiger partial charge in [0.1, 0.15) is 0 Å². The second-order valence-corrected chi connectivity index (χ2v) is 7.12. The smallest absolute Gasteiger partial charge is 0.178 e. The third-order valence-electron chi connectivity index (χ3n) is 4.34. The van der Waals surface area contributed by atoms with Gasteiger partial charge in [0, 0.05) is 39.2 Å². The summed E-state index contributed by atoms with van der Waals surface area (Å²) in [5.74, 6) is 0.0762. The van der Waals surface area contributed by atoms with Gasteiger partial charge < -0.3 is 9.88 Å². The molecule has 2 aromatic carbocycles. The number of hydrogen-bond acceptors (Lipinski definition) is 2. The Kier molecular flexibility index (Phi) is 5.82. The SMILES string of the molecule is Cc1cc(C(=O)CNCc2ccc(Cl)cc2)c(C)n1-c1ccc(Cl)cc1. The number of aryl methyl sites for hydroxylation is 1. The molecular weight excluding hydrogens is 367 g/mol.